The van der Waals surface area contributed by atoms with Crippen LogP contribution in [-0.4, -0.2) is 12.6 Å². The molecule has 0 aliphatic carbocycles. The van der Waals surface area contributed by atoms with Crippen LogP contribution in [0.2, 0.25) is 0 Å². The zero-order valence-corrected chi connectivity index (χ0v) is 9.64. The Morgan fingerprint density at radius 1 is 1.44 bits per heavy atom. The lowest BCUT2D eigenvalue weighted by atomic mass is 10.2. The van der Waals surface area contributed by atoms with Crippen molar-refractivity contribution >= 4 is 11.7 Å². The van der Waals surface area contributed by atoms with Crippen molar-refractivity contribution in [1.82, 2.24) is 5.32 Å². The van der Waals surface area contributed by atoms with Crippen LogP contribution in [0.4, 0.5) is 14.9 Å². The number of nitrogens with one attached hydrogen (secondary N) is 2. The van der Waals surface area contributed by atoms with Gasteiger partial charge in [-0.25, -0.2) is 9.18 Å². The fourth-order valence-electron chi connectivity index (χ4n) is 1.27. The minimum Gasteiger partial charge on any atom is -0.338 e. The third-order valence-corrected chi connectivity index (χ3v) is 2.26. The first-order chi connectivity index (χ1) is 7.63. The van der Waals surface area contributed by atoms with Crippen LogP contribution >= 0.6 is 0 Å². The largest absolute Gasteiger partial charge is 0.338 e. The lowest BCUT2D eigenvalue weighted by molar-refractivity contribution is 0.252. The molecular formula is C12H17FN2O. The lowest BCUT2D eigenvalue weighted by Crippen LogP contribution is -2.29. The zero-order chi connectivity index (χ0) is 12.0. The van der Waals surface area contributed by atoms with Crippen LogP contribution in [0.5, 0.6) is 0 Å². The van der Waals surface area contributed by atoms with Crippen molar-refractivity contribution in [3.63, 3.8) is 0 Å². The van der Waals surface area contributed by atoms with Gasteiger partial charge in [0, 0.05) is 12.2 Å². The number of amides is 2. The molecule has 88 valence electrons. The molecule has 0 saturated heterocycles. The number of carbonyl (C=O) groups excluding carboxylic acids is 1. The van der Waals surface area contributed by atoms with E-state index < -0.39 is 0 Å². The van der Waals surface area contributed by atoms with Crippen LogP contribution < -0.4 is 10.6 Å². The van der Waals surface area contributed by atoms with E-state index in [4.69, 9.17) is 0 Å². The molecule has 0 fully saturated rings. The van der Waals surface area contributed by atoms with Gasteiger partial charge in [-0.05, 0) is 31.0 Å². The Balaban J connectivity index is 2.52. The highest BCUT2D eigenvalue weighted by molar-refractivity contribution is 5.89. The summed E-state index contributed by atoms with van der Waals surface area (Å²) < 4.78 is 12.9. The van der Waals surface area contributed by atoms with E-state index in [0.29, 0.717) is 12.2 Å². The molecule has 16 heavy (non-hydrogen) atoms. The SMILES string of the molecule is CCCCNC(=O)Nc1cc(F)ccc1C. The predicted molar refractivity (Wildman–Crippen MR) is 63.1 cm³/mol. The van der Waals surface area contributed by atoms with Gasteiger partial charge in [-0.15, -0.1) is 0 Å². The van der Waals surface area contributed by atoms with Crippen molar-refractivity contribution in [2.45, 2.75) is 26.7 Å². The summed E-state index contributed by atoms with van der Waals surface area (Å²) in [7, 11) is 0. The molecule has 0 aliphatic rings. The van der Waals surface area contributed by atoms with Crippen molar-refractivity contribution in [2.24, 2.45) is 0 Å². The molecule has 2 N–H and O–H groups in total. The number of carbonyl (C=O) groups is 1. The molecule has 4 heteroatoms. The van der Waals surface area contributed by atoms with Gasteiger partial charge >= 0.3 is 6.03 Å². The van der Waals surface area contributed by atoms with Crippen LogP contribution in [0.15, 0.2) is 18.2 Å². The normalized spacial score (nSPS) is 9.94. The summed E-state index contributed by atoms with van der Waals surface area (Å²) >= 11 is 0. The average Bonchev–Trinajstić information content (AvgIpc) is 2.24. The summed E-state index contributed by atoms with van der Waals surface area (Å²) in [4.78, 5) is 11.4. The van der Waals surface area contributed by atoms with E-state index in [-0.39, 0.29) is 11.8 Å². The standard InChI is InChI=1S/C12H17FN2O/c1-3-4-7-14-12(16)15-11-8-10(13)6-5-9(11)2/h5-6,8H,3-4,7H2,1-2H3,(H2,14,15,16). The number of urea groups is 1. The minimum atomic E-state index is -0.352. The zero-order valence-electron chi connectivity index (χ0n) is 9.64. The second-order valence-electron chi connectivity index (χ2n) is 3.69. The van der Waals surface area contributed by atoms with Crippen molar-refractivity contribution in [2.75, 3.05) is 11.9 Å². The van der Waals surface area contributed by atoms with Gasteiger partial charge in [0.1, 0.15) is 5.82 Å². The predicted octanol–water partition coefficient (Wildman–Crippen LogP) is 3.06. The summed E-state index contributed by atoms with van der Waals surface area (Å²) in [5.41, 5.74) is 1.35. The molecule has 3 nitrogen and oxygen atoms in total. The van der Waals surface area contributed by atoms with Gasteiger partial charge in [0.2, 0.25) is 0 Å². The summed E-state index contributed by atoms with van der Waals surface area (Å²) in [6.07, 6.45) is 1.97. The molecule has 0 atom stereocenters. The molecule has 1 aromatic rings. The third kappa shape index (κ3) is 3.88. The molecule has 0 radical (unpaired) electrons. The highest BCUT2D eigenvalue weighted by Crippen LogP contribution is 2.15. The van der Waals surface area contributed by atoms with Crippen LogP contribution in [0.3, 0.4) is 0 Å². The van der Waals surface area contributed by atoms with Gasteiger partial charge in [0.25, 0.3) is 0 Å². The Hall–Kier alpha value is -1.58. The number of benzene rings is 1. The third-order valence-electron chi connectivity index (χ3n) is 2.26. The van der Waals surface area contributed by atoms with Crippen LogP contribution in [0.25, 0.3) is 0 Å². The van der Waals surface area contributed by atoms with Crippen LogP contribution in [0, 0.1) is 12.7 Å². The molecule has 1 aromatic carbocycles. The number of hydrogen-bond donors (Lipinski definition) is 2. The van der Waals surface area contributed by atoms with Crippen LogP contribution in [-0.2, 0) is 0 Å². The Morgan fingerprint density at radius 3 is 2.88 bits per heavy atom. The number of rotatable bonds is 4. The molecule has 0 spiro atoms. The molecule has 0 heterocycles. The summed E-state index contributed by atoms with van der Waals surface area (Å²) in [6, 6.07) is 4.03. The quantitative estimate of drug-likeness (QED) is 0.758. The maximum absolute atomic E-state index is 12.9. The summed E-state index contributed by atoms with van der Waals surface area (Å²) in [5, 5.41) is 5.33. The number of aryl methyl sites for hydroxylation is 1. The Labute approximate surface area is 95.0 Å². The summed E-state index contributed by atoms with van der Waals surface area (Å²) in [6.45, 7) is 4.51. The van der Waals surface area contributed by atoms with Crippen molar-refractivity contribution in [3.8, 4) is 0 Å². The topological polar surface area (TPSA) is 41.1 Å². The highest BCUT2D eigenvalue weighted by atomic mass is 19.1. The van der Waals surface area contributed by atoms with Gasteiger partial charge in [-0.3, -0.25) is 0 Å². The smallest absolute Gasteiger partial charge is 0.319 e. The lowest BCUT2D eigenvalue weighted by Gasteiger charge is -2.09. The van der Waals surface area contributed by atoms with Gasteiger partial charge < -0.3 is 10.6 Å². The van der Waals surface area contributed by atoms with Crippen molar-refractivity contribution < 1.29 is 9.18 Å². The van der Waals surface area contributed by atoms with E-state index in [0.717, 1.165) is 18.4 Å². The molecule has 0 aromatic heterocycles. The van der Waals surface area contributed by atoms with E-state index in [1.54, 1.807) is 6.07 Å². The molecule has 0 aliphatic heterocycles. The molecular weight excluding hydrogens is 207 g/mol. The van der Waals surface area contributed by atoms with E-state index in [1.165, 1.54) is 12.1 Å². The molecule has 0 saturated carbocycles. The number of unbranched alkanes of at least 4 members (excludes halogenated alkanes) is 1. The van der Waals surface area contributed by atoms with E-state index in [2.05, 4.69) is 17.6 Å². The van der Waals surface area contributed by atoms with E-state index in [9.17, 15) is 9.18 Å². The first-order valence-corrected chi connectivity index (χ1v) is 5.44. The Morgan fingerprint density at radius 2 is 2.19 bits per heavy atom. The number of hydrogen-bond acceptors (Lipinski definition) is 1. The van der Waals surface area contributed by atoms with E-state index >= 15 is 0 Å². The molecule has 1 rings (SSSR count). The monoisotopic (exact) mass is 224 g/mol. The maximum Gasteiger partial charge on any atom is 0.319 e. The maximum atomic E-state index is 12.9. The second-order valence-corrected chi connectivity index (χ2v) is 3.69. The highest BCUT2D eigenvalue weighted by Gasteiger charge is 2.04. The number of halogens is 1. The fourth-order valence-corrected chi connectivity index (χ4v) is 1.27. The molecule has 2 amide bonds. The van der Waals surface area contributed by atoms with Gasteiger partial charge in [0.05, 0.1) is 0 Å². The second kappa shape index (κ2) is 6.10. The fraction of sp³-hybridized carbons (Fsp3) is 0.417. The van der Waals surface area contributed by atoms with Crippen molar-refractivity contribution in [3.05, 3.63) is 29.6 Å². The first-order valence-electron chi connectivity index (χ1n) is 5.44. The Kier molecular flexibility index (Phi) is 4.76. The molecule has 0 unspecified atom stereocenters. The number of anilines is 1. The molecule has 0 bridgehead atoms. The van der Waals surface area contributed by atoms with E-state index in [1.807, 2.05) is 6.92 Å². The minimum absolute atomic E-state index is 0.290. The first kappa shape index (κ1) is 12.5. The average molecular weight is 224 g/mol. The van der Waals surface area contributed by atoms with Crippen molar-refractivity contribution in [1.29, 1.82) is 0 Å². The van der Waals surface area contributed by atoms with Gasteiger partial charge in [0.15, 0.2) is 0 Å². The van der Waals surface area contributed by atoms with Gasteiger partial charge in [-0.2, -0.15) is 0 Å². The van der Waals surface area contributed by atoms with Crippen LogP contribution in [0.1, 0.15) is 25.3 Å². The Bertz CT molecular complexity index is 366. The van der Waals surface area contributed by atoms with Gasteiger partial charge in [-0.1, -0.05) is 19.4 Å². The summed E-state index contributed by atoms with van der Waals surface area (Å²) in [5.74, 6) is -0.352.